The molecule has 1 aromatic carbocycles. The lowest BCUT2D eigenvalue weighted by Gasteiger charge is -2.25. The number of nitrogens with one attached hydrogen (secondary N) is 3. The second-order valence-corrected chi connectivity index (χ2v) is 7.41. The van der Waals surface area contributed by atoms with Crippen molar-refractivity contribution in [3.05, 3.63) is 23.8 Å². The molecule has 2 amide bonds. The van der Waals surface area contributed by atoms with Gasteiger partial charge in [0.25, 0.3) is 0 Å². The molecule has 2 fully saturated rings. The van der Waals surface area contributed by atoms with Crippen LogP contribution in [0.2, 0.25) is 0 Å². The Labute approximate surface area is 180 Å². The Morgan fingerprint density at radius 1 is 1.07 bits per heavy atom. The lowest BCUT2D eigenvalue weighted by Crippen LogP contribution is -2.43. The molecule has 3 N–H and O–H groups in total. The van der Waals surface area contributed by atoms with Crippen LogP contribution in [0, 0.1) is 6.92 Å². The first-order chi connectivity index (χ1) is 12.6. The summed E-state index contributed by atoms with van der Waals surface area (Å²) >= 11 is 0. The van der Waals surface area contributed by atoms with Gasteiger partial charge in [0.05, 0.1) is 12.6 Å². The number of halogens is 2. The monoisotopic (exact) mass is 430 g/mol. The number of carbonyl (C=O) groups excluding carboxylic acids is 2. The van der Waals surface area contributed by atoms with E-state index in [1.807, 2.05) is 25.1 Å². The van der Waals surface area contributed by atoms with Crippen molar-refractivity contribution in [3.63, 3.8) is 0 Å². The number of hydrogen-bond acceptors (Lipinski definition) is 4. The number of aryl methyl sites for hydroxylation is 1. The highest BCUT2D eigenvalue weighted by Gasteiger charge is 2.21. The third-order valence-corrected chi connectivity index (χ3v) is 5.22. The number of benzene rings is 1. The van der Waals surface area contributed by atoms with Gasteiger partial charge in [-0.25, -0.2) is 0 Å². The molecule has 3 rings (SSSR count). The van der Waals surface area contributed by atoms with Crippen LogP contribution in [0.3, 0.4) is 0 Å². The minimum Gasteiger partial charge on any atom is -0.325 e. The molecule has 0 radical (unpaired) electrons. The van der Waals surface area contributed by atoms with E-state index >= 15 is 0 Å². The van der Waals surface area contributed by atoms with Gasteiger partial charge in [0.2, 0.25) is 11.8 Å². The SMILES string of the molecule is Cc1ccc(NC(=O)[C@H]2CCCCN2)cc1NC(=O)CN1CCCCC1.Cl.Cl. The molecule has 0 aliphatic carbocycles. The van der Waals surface area contributed by atoms with Gasteiger partial charge in [-0.05, 0) is 69.9 Å². The number of nitrogens with zero attached hydrogens (tertiary/aromatic N) is 1. The van der Waals surface area contributed by atoms with Crippen molar-refractivity contribution >= 4 is 48.0 Å². The summed E-state index contributed by atoms with van der Waals surface area (Å²) in [6.45, 7) is 5.28. The number of piperidine rings is 2. The molecule has 0 bridgehead atoms. The zero-order valence-electron chi connectivity index (χ0n) is 16.5. The third-order valence-electron chi connectivity index (χ3n) is 5.22. The molecule has 6 nitrogen and oxygen atoms in total. The van der Waals surface area contributed by atoms with E-state index in [9.17, 15) is 9.59 Å². The summed E-state index contributed by atoms with van der Waals surface area (Å²) in [5.74, 6) is 0.00608. The molecular formula is C20H32Cl2N4O2. The molecule has 8 heteroatoms. The molecule has 1 atom stereocenters. The highest BCUT2D eigenvalue weighted by molar-refractivity contribution is 5.97. The van der Waals surface area contributed by atoms with Crippen LogP contribution in [-0.2, 0) is 9.59 Å². The number of anilines is 2. The molecule has 2 heterocycles. The maximum Gasteiger partial charge on any atom is 0.241 e. The summed E-state index contributed by atoms with van der Waals surface area (Å²) in [4.78, 5) is 26.9. The minimum absolute atomic E-state index is 0. The van der Waals surface area contributed by atoms with Crippen LogP contribution in [0.15, 0.2) is 18.2 Å². The maximum absolute atomic E-state index is 12.4. The first-order valence-corrected chi connectivity index (χ1v) is 9.79. The van der Waals surface area contributed by atoms with Crippen LogP contribution in [0.5, 0.6) is 0 Å². The van der Waals surface area contributed by atoms with Gasteiger partial charge in [-0.15, -0.1) is 24.8 Å². The average molecular weight is 431 g/mol. The highest BCUT2D eigenvalue weighted by atomic mass is 35.5. The standard InChI is InChI=1S/C20H30N4O2.2ClH/c1-15-8-9-16(22-20(26)17-7-3-4-10-21-17)13-18(15)23-19(25)14-24-11-5-2-6-12-24;;/h8-9,13,17,21H,2-7,10-12,14H2,1H3,(H,22,26)(H,23,25);2*1H/t17-;;/m1../s1. The van der Waals surface area contributed by atoms with Crippen LogP contribution < -0.4 is 16.0 Å². The molecule has 2 aliphatic heterocycles. The fourth-order valence-electron chi connectivity index (χ4n) is 3.65. The first kappa shape index (κ1) is 24.7. The molecule has 2 aliphatic rings. The topological polar surface area (TPSA) is 73.5 Å². The highest BCUT2D eigenvalue weighted by Crippen LogP contribution is 2.21. The van der Waals surface area contributed by atoms with Gasteiger partial charge < -0.3 is 16.0 Å². The van der Waals surface area contributed by atoms with Crippen LogP contribution in [-0.4, -0.2) is 48.9 Å². The van der Waals surface area contributed by atoms with E-state index in [2.05, 4.69) is 20.9 Å². The number of carbonyl (C=O) groups is 2. The number of likely N-dealkylation sites (tertiary alicyclic amines) is 1. The van der Waals surface area contributed by atoms with Gasteiger partial charge in [-0.1, -0.05) is 18.9 Å². The maximum atomic E-state index is 12.4. The predicted molar refractivity (Wildman–Crippen MR) is 119 cm³/mol. The molecule has 1 aromatic rings. The Balaban J connectivity index is 0.00000196. The van der Waals surface area contributed by atoms with Crippen LogP contribution in [0.4, 0.5) is 11.4 Å². The van der Waals surface area contributed by atoms with Crippen LogP contribution >= 0.6 is 24.8 Å². The largest absolute Gasteiger partial charge is 0.325 e. The van der Waals surface area contributed by atoms with Gasteiger partial charge in [0.15, 0.2) is 0 Å². The molecule has 28 heavy (non-hydrogen) atoms. The normalized spacial score (nSPS) is 19.7. The Morgan fingerprint density at radius 3 is 2.50 bits per heavy atom. The average Bonchev–Trinajstić information content (AvgIpc) is 2.66. The lowest BCUT2D eigenvalue weighted by molar-refractivity contribution is -0.119. The molecule has 0 aromatic heterocycles. The van der Waals surface area contributed by atoms with Gasteiger partial charge in [0, 0.05) is 11.4 Å². The van der Waals surface area contributed by atoms with Crippen molar-refractivity contribution in [2.75, 3.05) is 36.8 Å². The summed E-state index contributed by atoms with van der Waals surface area (Å²) in [5.41, 5.74) is 2.48. The smallest absolute Gasteiger partial charge is 0.241 e. The van der Waals surface area contributed by atoms with Gasteiger partial charge in [0.1, 0.15) is 0 Å². The van der Waals surface area contributed by atoms with Gasteiger partial charge >= 0.3 is 0 Å². The van der Waals surface area contributed by atoms with Crippen molar-refractivity contribution in [2.24, 2.45) is 0 Å². The van der Waals surface area contributed by atoms with E-state index < -0.39 is 0 Å². The van der Waals surface area contributed by atoms with Crippen LogP contribution in [0.1, 0.15) is 44.1 Å². The predicted octanol–water partition coefficient (Wildman–Crippen LogP) is 3.34. The Bertz CT molecular complexity index is 645. The van der Waals surface area contributed by atoms with Crippen molar-refractivity contribution in [2.45, 2.75) is 51.5 Å². The van der Waals surface area contributed by atoms with Crippen molar-refractivity contribution in [1.29, 1.82) is 0 Å². The van der Waals surface area contributed by atoms with E-state index in [1.54, 1.807) is 0 Å². The fourth-order valence-corrected chi connectivity index (χ4v) is 3.65. The number of amides is 2. The Morgan fingerprint density at radius 2 is 1.82 bits per heavy atom. The first-order valence-electron chi connectivity index (χ1n) is 9.79. The van der Waals surface area contributed by atoms with Crippen molar-refractivity contribution in [3.8, 4) is 0 Å². The Hall–Kier alpha value is -1.34. The second kappa shape index (κ2) is 12.3. The quantitative estimate of drug-likeness (QED) is 0.669. The number of rotatable bonds is 5. The molecule has 2 saturated heterocycles. The second-order valence-electron chi connectivity index (χ2n) is 7.41. The summed E-state index contributed by atoms with van der Waals surface area (Å²) in [5, 5.41) is 9.23. The fraction of sp³-hybridized carbons (Fsp3) is 0.600. The van der Waals surface area contributed by atoms with Crippen molar-refractivity contribution < 1.29 is 9.59 Å². The van der Waals surface area contributed by atoms with Gasteiger partial charge in [-0.2, -0.15) is 0 Å². The Kier molecular flexibility index (Phi) is 10.8. The van der Waals surface area contributed by atoms with E-state index in [0.29, 0.717) is 6.54 Å². The molecular weight excluding hydrogens is 399 g/mol. The van der Waals surface area contributed by atoms with E-state index in [4.69, 9.17) is 0 Å². The van der Waals surface area contributed by atoms with E-state index in [0.717, 1.165) is 55.8 Å². The third kappa shape index (κ3) is 7.24. The minimum atomic E-state index is -0.123. The van der Waals surface area contributed by atoms with Crippen LogP contribution in [0.25, 0.3) is 0 Å². The zero-order chi connectivity index (χ0) is 18.4. The summed E-state index contributed by atoms with van der Waals surface area (Å²) < 4.78 is 0. The molecule has 158 valence electrons. The number of hydrogen-bond donors (Lipinski definition) is 3. The summed E-state index contributed by atoms with van der Waals surface area (Å²) in [7, 11) is 0. The summed E-state index contributed by atoms with van der Waals surface area (Å²) in [6, 6.07) is 5.54. The molecule has 0 unspecified atom stereocenters. The molecule has 0 spiro atoms. The van der Waals surface area contributed by atoms with E-state index in [-0.39, 0.29) is 42.7 Å². The lowest BCUT2D eigenvalue weighted by atomic mass is 10.0. The van der Waals surface area contributed by atoms with E-state index in [1.165, 1.54) is 19.3 Å². The summed E-state index contributed by atoms with van der Waals surface area (Å²) in [6.07, 6.45) is 6.68. The zero-order valence-corrected chi connectivity index (χ0v) is 18.1. The van der Waals surface area contributed by atoms with Crippen molar-refractivity contribution in [1.82, 2.24) is 10.2 Å². The molecule has 0 saturated carbocycles. The van der Waals surface area contributed by atoms with Gasteiger partial charge in [-0.3, -0.25) is 14.5 Å².